The number of hydrogen-bond acceptors (Lipinski definition) is 4. The molecule has 2 heterocycles. The Kier molecular flexibility index (Phi) is 5.04. The van der Waals surface area contributed by atoms with Gasteiger partial charge in [-0.15, -0.1) is 0 Å². The minimum Gasteiger partial charge on any atom is -0.464 e. The smallest absolute Gasteiger partial charge is 0.211 e. The molecule has 6 heteroatoms. The van der Waals surface area contributed by atoms with Crippen molar-refractivity contribution < 1.29 is 12.8 Å². The lowest BCUT2D eigenvalue weighted by molar-refractivity contribution is 0.200. The first-order chi connectivity index (χ1) is 11.1. The Balaban J connectivity index is 1.55. The number of benzene rings is 1. The standard InChI is InChI=1S/C17H24N2O3S/c1-2-11-23(20,21)18-15-7-9-19(10-8-15)12-14-13-22-17-6-4-3-5-16(14)17/h3-6,13,15,18H,2,7-12H2,1H3. The molecule has 0 atom stereocenters. The average Bonchev–Trinajstić information content (AvgIpc) is 2.92. The molecule has 1 aromatic carbocycles. The molecule has 3 rings (SSSR count). The van der Waals surface area contributed by atoms with Crippen LogP contribution in [0, 0.1) is 0 Å². The van der Waals surface area contributed by atoms with Crippen LogP contribution in [0.3, 0.4) is 0 Å². The van der Waals surface area contributed by atoms with Gasteiger partial charge in [0, 0.05) is 36.6 Å². The van der Waals surface area contributed by atoms with Crippen LogP contribution in [0.2, 0.25) is 0 Å². The average molecular weight is 336 g/mol. The van der Waals surface area contributed by atoms with E-state index in [-0.39, 0.29) is 11.8 Å². The fourth-order valence-electron chi connectivity index (χ4n) is 3.19. The molecule has 0 radical (unpaired) electrons. The zero-order chi connectivity index (χ0) is 16.3. The highest BCUT2D eigenvalue weighted by Crippen LogP contribution is 2.23. The summed E-state index contributed by atoms with van der Waals surface area (Å²) < 4.78 is 32.1. The lowest BCUT2D eigenvalue weighted by Gasteiger charge is -2.32. The van der Waals surface area contributed by atoms with Crippen molar-refractivity contribution in [3.05, 3.63) is 36.1 Å². The van der Waals surface area contributed by atoms with Gasteiger partial charge in [0.25, 0.3) is 0 Å². The van der Waals surface area contributed by atoms with Gasteiger partial charge in [-0.3, -0.25) is 4.90 Å². The fourth-order valence-corrected chi connectivity index (χ4v) is 4.59. The van der Waals surface area contributed by atoms with Gasteiger partial charge in [0.05, 0.1) is 12.0 Å². The van der Waals surface area contributed by atoms with Crippen molar-refractivity contribution in [3.8, 4) is 0 Å². The van der Waals surface area contributed by atoms with Crippen LogP contribution in [0.4, 0.5) is 0 Å². The van der Waals surface area contributed by atoms with Gasteiger partial charge in [-0.2, -0.15) is 0 Å². The van der Waals surface area contributed by atoms with Crippen LogP contribution in [0.1, 0.15) is 31.7 Å². The number of nitrogens with one attached hydrogen (secondary N) is 1. The van der Waals surface area contributed by atoms with E-state index in [1.54, 1.807) is 0 Å². The van der Waals surface area contributed by atoms with E-state index in [0.29, 0.717) is 6.42 Å². The van der Waals surface area contributed by atoms with E-state index >= 15 is 0 Å². The van der Waals surface area contributed by atoms with E-state index in [1.807, 2.05) is 31.4 Å². The molecule has 0 unspecified atom stereocenters. The van der Waals surface area contributed by atoms with Gasteiger partial charge in [0.1, 0.15) is 5.58 Å². The third kappa shape index (κ3) is 4.13. The molecule has 1 fully saturated rings. The molecule has 1 N–H and O–H groups in total. The maximum atomic E-state index is 11.8. The van der Waals surface area contributed by atoms with Crippen LogP contribution >= 0.6 is 0 Å². The summed E-state index contributed by atoms with van der Waals surface area (Å²) in [5.74, 6) is 0.216. The summed E-state index contributed by atoms with van der Waals surface area (Å²) in [7, 11) is -3.11. The van der Waals surface area contributed by atoms with Gasteiger partial charge in [-0.1, -0.05) is 25.1 Å². The van der Waals surface area contributed by atoms with Gasteiger partial charge < -0.3 is 4.42 Å². The first-order valence-electron chi connectivity index (χ1n) is 8.25. The summed E-state index contributed by atoms with van der Waals surface area (Å²) in [4.78, 5) is 2.36. The van der Waals surface area contributed by atoms with E-state index < -0.39 is 10.0 Å². The normalized spacial score (nSPS) is 17.8. The number of rotatable bonds is 6. The highest BCUT2D eigenvalue weighted by atomic mass is 32.2. The number of hydrogen-bond donors (Lipinski definition) is 1. The van der Waals surface area contributed by atoms with Crippen LogP contribution in [0.15, 0.2) is 34.9 Å². The Hall–Kier alpha value is -1.37. The number of para-hydroxylation sites is 1. The van der Waals surface area contributed by atoms with Crippen molar-refractivity contribution in [2.24, 2.45) is 0 Å². The van der Waals surface area contributed by atoms with Crippen LogP contribution in [0.5, 0.6) is 0 Å². The maximum absolute atomic E-state index is 11.8. The SMILES string of the molecule is CCCS(=O)(=O)NC1CCN(Cc2coc3ccccc23)CC1. The summed E-state index contributed by atoms with van der Waals surface area (Å²) in [5, 5.41) is 1.17. The molecule has 5 nitrogen and oxygen atoms in total. The third-order valence-electron chi connectivity index (χ3n) is 4.36. The topological polar surface area (TPSA) is 62.6 Å². The quantitative estimate of drug-likeness (QED) is 0.881. The Bertz CT molecular complexity index is 746. The minimum atomic E-state index is -3.11. The van der Waals surface area contributed by atoms with E-state index in [0.717, 1.165) is 38.1 Å². The molecule has 2 aromatic rings. The number of fused-ring (bicyclic) bond motifs is 1. The molecule has 0 spiro atoms. The second-order valence-corrected chi connectivity index (χ2v) is 8.12. The molecule has 1 aromatic heterocycles. The molecular formula is C17H24N2O3S. The summed E-state index contributed by atoms with van der Waals surface area (Å²) in [6, 6.07) is 8.14. The van der Waals surface area contributed by atoms with E-state index in [1.165, 1.54) is 10.9 Å². The van der Waals surface area contributed by atoms with Gasteiger partial charge >= 0.3 is 0 Å². The Morgan fingerprint density at radius 1 is 1.26 bits per heavy atom. The largest absolute Gasteiger partial charge is 0.464 e. The number of nitrogens with zero attached hydrogens (tertiary/aromatic N) is 1. The summed E-state index contributed by atoms with van der Waals surface area (Å²) in [6.07, 6.45) is 4.21. The minimum absolute atomic E-state index is 0.0730. The second-order valence-electron chi connectivity index (χ2n) is 6.24. The predicted octanol–water partition coefficient (Wildman–Crippen LogP) is 2.73. The van der Waals surface area contributed by atoms with Crippen molar-refractivity contribution >= 4 is 21.0 Å². The third-order valence-corrected chi connectivity index (χ3v) is 6.00. The fraction of sp³-hybridized carbons (Fsp3) is 0.529. The lowest BCUT2D eigenvalue weighted by atomic mass is 10.1. The van der Waals surface area contributed by atoms with Gasteiger partial charge in [-0.25, -0.2) is 13.1 Å². The maximum Gasteiger partial charge on any atom is 0.211 e. The van der Waals surface area contributed by atoms with Crippen LogP contribution in [0.25, 0.3) is 11.0 Å². The molecule has 1 aliphatic heterocycles. The van der Waals surface area contributed by atoms with E-state index in [9.17, 15) is 8.42 Å². The molecule has 1 aliphatic rings. The van der Waals surface area contributed by atoms with Crippen molar-refractivity contribution in [3.63, 3.8) is 0 Å². The molecule has 1 saturated heterocycles. The Labute approximate surface area is 137 Å². The Morgan fingerprint density at radius 2 is 2.00 bits per heavy atom. The summed E-state index contributed by atoms with van der Waals surface area (Å²) >= 11 is 0. The second kappa shape index (κ2) is 7.03. The molecule has 0 amide bonds. The van der Waals surface area contributed by atoms with Crippen molar-refractivity contribution in [2.45, 2.75) is 38.8 Å². The van der Waals surface area contributed by atoms with Gasteiger partial charge in [0.2, 0.25) is 10.0 Å². The van der Waals surface area contributed by atoms with Gasteiger partial charge in [0.15, 0.2) is 0 Å². The first kappa shape index (κ1) is 16.5. The summed E-state index contributed by atoms with van der Waals surface area (Å²) in [6.45, 7) is 4.54. The molecule has 0 aliphatic carbocycles. The van der Waals surface area contributed by atoms with Crippen LogP contribution in [-0.2, 0) is 16.6 Å². The number of sulfonamides is 1. The van der Waals surface area contributed by atoms with Gasteiger partial charge in [-0.05, 0) is 25.3 Å². The number of piperidine rings is 1. The van der Waals surface area contributed by atoms with Crippen molar-refractivity contribution in [1.82, 2.24) is 9.62 Å². The Morgan fingerprint density at radius 3 is 2.74 bits per heavy atom. The van der Waals surface area contributed by atoms with Crippen LogP contribution in [-0.4, -0.2) is 38.2 Å². The molecule has 0 saturated carbocycles. The number of likely N-dealkylation sites (tertiary alicyclic amines) is 1. The summed E-state index contributed by atoms with van der Waals surface area (Å²) in [5.41, 5.74) is 2.12. The lowest BCUT2D eigenvalue weighted by Crippen LogP contribution is -2.44. The molecule has 126 valence electrons. The van der Waals surface area contributed by atoms with Crippen molar-refractivity contribution in [2.75, 3.05) is 18.8 Å². The van der Waals surface area contributed by atoms with Crippen LogP contribution < -0.4 is 4.72 Å². The highest BCUT2D eigenvalue weighted by molar-refractivity contribution is 7.89. The molecular weight excluding hydrogens is 312 g/mol. The highest BCUT2D eigenvalue weighted by Gasteiger charge is 2.23. The predicted molar refractivity (Wildman–Crippen MR) is 91.7 cm³/mol. The zero-order valence-electron chi connectivity index (χ0n) is 13.5. The zero-order valence-corrected chi connectivity index (χ0v) is 14.3. The van der Waals surface area contributed by atoms with Crippen molar-refractivity contribution in [1.29, 1.82) is 0 Å². The molecule has 23 heavy (non-hydrogen) atoms. The van der Waals surface area contributed by atoms with E-state index in [2.05, 4.69) is 15.7 Å². The van der Waals surface area contributed by atoms with E-state index in [4.69, 9.17) is 4.42 Å². The first-order valence-corrected chi connectivity index (χ1v) is 9.90. The molecule has 0 bridgehead atoms. The number of furan rings is 1. The monoisotopic (exact) mass is 336 g/mol.